The lowest BCUT2D eigenvalue weighted by Crippen LogP contribution is -2.38. The highest BCUT2D eigenvalue weighted by molar-refractivity contribution is 5.29. The fraction of sp³-hybridized carbons (Fsp3) is 0.368. The Balaban J connectivity index is 0.000000381. The molecule has 3 nitrogen and oxygen atoms in total. The van der Waals surface area contributed by atoms with Crippen molar-refractivity contribution in [2.24, 2.45) is 0 Å². The number of benzene rings is 2. The van der Waals surface area contributed by atoms with E-state index in [0.29, 0.717) is 12.4 Å². The molecule has 2 N–H and O–H groups in total. The summed E-state index contributed by atoms with van der Waals surface area (Å²) in [5.74, 6) is 0.423. The Morgan fingerprint density at radius 3 is 1.96 bits per heavy atom. The van der Waals surface area contributed by atoms with E-state index in [0.717, 1.165) is 24.1 Å². The first-order valence-electron chi connectivity index (χ1n) is 7.93. The lowest BCUT2D eigenvalue weighted by molar-refractivity contribution is -0.137. The molecule has 0 spiro atoms. The molecule has 0 aliphatic rings. The van der Waals surface area contributed by atoms with Gasteiger partial charge in [0.05, 0.1) is 5.56 Å². The Labute approximate surface area is 146 Å². The van der Waals surface area contributed by atoms with Crippen LogP contribution < -0.4 is 10.1 Å². The fourth-order valence-corrected chi connectivity index (χ4v) is 1.66. The number of halogens is 3. The smallest absolute Gasteiger partial charge is 0.416 e. The van der Waals surface area contributed by atoms with Crippen molar-refractivity contribution in [1.82, 2.24) is 5.32 Å². The molecular weight excluding hydrogens is 331 g/mol. The third kappa shape index (κ3) is 8.05. The van der Waals surface area contributed by atoms with Gasteiger partial charge in [0, 0.05) is 0 Å². The molecule has 0 aromatic heterocycles. The van der Waals surface area contributed by atoms with Gasteiger partial charge in [0.2, 0.25) is 0 Å². The van der Waals surface area contributed by atoms with Crippen molar-refractivity contribution in [3.05, 3.63) is 65.7 Å². The zero-order valence-electron chi connectivity index (χ0n) is 14.6. The van der Waals surface area contributed by atoms with Crippen LogP contribution >= 0.6 is 0 Å². The van der Waals surface area contributed by atoms with Gasteiger partial charge in [-0.15, -0.1) is 0 Å². The van der Waals surface area contributed by atoms with Crippen LogP contribution in [0.1, 0.15) is 31.4 Å². The summed E-state index contributed by atoms with van der Waals surface area (Å²) in [5.41, 5.74) is -0.369. The molecule has 0 saturated heterocycles. The van der Waals surface area contributed by atoms with Gasteiger partial charge in [-0.3, -0.25) is 5.32 Å². The van der Waals surface area contributed by atoms with Gasteiger partial charge in [0.15, 0.2) is 0 Å². The van der Waals surface area contributed by atoms with Crippen molar-refractivity contribution in [1.29, 1.82) is 0 Å². The van der Waals surface area contributed by atoms with Crippen molar-refractivity contribution < 1.29 is 23.0 Å². The zero-order valence-corrected chi connectivity index (χ0v) is 14.6. The number of aliphatic hydroxyl groups is 1. The molecule has 0 aliphatic heterocycles. The number of ether oxygens (including phenoxy) is 1. The molecule has 1 unspecified atom stereocenters. The van der Waals surface area contributed by atoms with E-state index in [4.69, 9.17) is 9.84 Å². The Hall–Kier alpha value is -2.05. The molecule has 138 valence electrons. The summed E-state index contributed by atoms with van der Waals surface area (Å²) in [6, 6.07) is 14.1. The van der Waals surface area contributed by atoms with E-state index < -0.39 is 17.5 Å². The quantitative estimate of drug-likeness (QED) is 0.770. The highest BCUT2D eigenvalue weighted by Crippen LogP contribution is 2.30. The van der Waals surface area contributed by atoms with Gasteiger partial charge in [-0.2, -0.15) is 13.2 Å². The third-order valence-electron chi connectivity index (χ3n) is 3.66. The normalized spacial score (nSPS) is 13.4. The van der Waals surface area contributed by atoms with Crippen LogP contribution in [0.15, 0.2) is 54.6 Å². The molecule has 0 bridgehead atoms. The topological polar surface area (TPSA) is 41.5 Å². The Bertz CT molecular complexity index is 605. The van der Waals surface area contributed by atoms with Crippen LogP contribution in [0, 0.1) is 0 Å². The van der Waals surface area contributed by atoms with Crippen LogP contribution in [-0.2, 0) is 12.8 Å². The van der Waals surface area contributed by atoms with Crippen LogP contribution in [0.5, 0.6) is 5.75 Å². The Morgan fingerprint density at radius 2 is 1.56 bits per heavy atom. The molecule has 2 rings (SSSR count). The minimum Gasteiger partial charge on any atom is -0.489 e. The number of hydrogen-bond acceptors (Lipinski definition) is 3. The third-order valence-corrected chi connectivity index (χ3v) is 3.66. The summed E-state index contributed by atoms with van der Waals surface area (Å²) in [6.07, 6.45) is -3.57. The summed E-state index contributed by atoms with van der Waals surface area (Å²) in [5, 5.41) is 11.8. The average molecular weight is 355 g/mol. The van der Waals surface area contributed by atoms with Crippen LogP contribution in [0.2, 0.25) is 0 Å². The molecule has 25 heavy (non-hydrogen) atoms. The molecule has 6 heteroatoms. The summed E-state index contributed by atoms with van der Waals surface area (Å²) >= 11 is 0. The first kappa shape index (κ1) is 21.0. The van der Waals surface area contributed by atoms with Gasteiger partial charge in [-0.25, -0.2) is 0 Å². The van der Waals surface area contributed by atoms with Crippen LogP contribution in [-0.4, -0.2) is 17.9 Å². The molecule has 2 aromatic carbocycles. The SMILES string of the molecule is CCC(C)(O)NC.FC(F)(F)c1ccc(OCc2ccccc2)cc1. The average Bonchev–Trinajstić information content (AvgIpc) is 2.61. The van der Waals surface area contributed by atoms with Crippen molar-refractivity contribution in [2.45, 2.75) is 38.8 Å². The van der Waals surface area contributed by atoms with E-state index >= 15 is 0 Å². The minimum absolute atomic E-state index is 0.339. The van der Waals surface area contributed by atoms with Gasteiger partial charge in [0.1, 0.15) is 18.1 Å². The predicted octanol–water partition coefficient (Wildman–Crippen LogP) is 4.61. The molecule has 2 aromatic rings. The van der Waals surface area contributed by atoms with Crippen molar-refractivity contribution in [2.75, 3.05) is 7.05 Å². The molecule has 0 radical (unpaired) electrons. The molecule has 1 atom stereocenters. The Morgan fingerprint density at radius 1 is 1.00 bits per heavy atom. The molecule has 0 fully saturated rings. The summed E-state index contributed by atoms with van der Waals surface area (Å²) < 4.78 is 42.4. The van der Waals surface area contributed by atoms with Crippen LogP contribution in [0.4, 0.5) is 13.2 Å². The molecule has 0 aliphatic carbocycles. The highest BCUT2D eigenvalue weighted by atomic mass is 19.4. The van der Waals surface area contributed by atoms with Crippen molar-refractivity contribution >= 4 is 0 Å². The number of rotatable bonds is 5. The zero-order chi connectivity index (χ0) is 18.9. The van der Waals surface area contributed by atoms with Crippen LogP contribution in [0.25, 0.3) is 0 Å². The monoisotopic (exact) mass is 355 g/mol. The summed E-state index contributed by atoms with van der Waals surface area (Å²) in [4.78, 5) is 0. The van der Waals surface area contributed by atoms with E-state index in [-0.39, 0.29) is 0 Å². The summed E-state index contributed by atoms with van der Waals surface area (Å²) in [6.45, 7) is 4.01. The second kappa shape index (κ2) is 9.44. The lowest BCUT2D eigenvalue weighted by atomic mass is 10.2. The largest absolute Gasteiger partial charge is 0.489 e. The van der Waals surface area contributed by atoms with Gasteiger partial charge < -0.3 is 9.84 Å². The number of nitrogens with one attached hydrogen (secondary N) is 1. The maximum Gasteiger partial charge on any atom is 0.416 e. The van der Waals surface area contributed by atoms with Gasteiger partial charge in [-0.1, -0.05) is 37.3 Å². The number of alkyl halides is 3. The van der Waals surface area contributed by atoms with E-state index in [1.54, 1.807) is 14.0 Å². The van der Waals surface area contributed by atoms with Crippen molar-refractivity contribution in [3.8, 4) is 5.75 Å². The highest BCUT2D eigenvalue weighted by Gasteiger charge is 2.29. The predicted molar refractivity (Wildman–Crippen MR) is 92.2 cm³/mol. The van der Waals surface area contributed by atoms with Crippen molar-refractivity contribution in [3.63, 3.8) is 0 Å². The summed E-state index contributed by atoms with van der Waals surface area (Å²) in [7, 11) is 1.74. The van der Waals surface area contributed by atoms with Crippen LogP contribution in [0.3, 0.4) is 0 Å². The Kier molecular flexibility index (Phi) is 7.93. The van der Waals surface area contributed by atoms with E-state index in [1.165, 1.54) is 12.1 Å². The number of hydrogen-bond donors (Lipinski definition) is 2. The van der Waals surface area contributed by atoms with Gasteiger partial charge in [0.25, 0.3) is 0 Å². The lowest BCUT2D eigenvalue weighted by Gasteiger charge is -2.19. The maximum absolute atomic E-state index is 12.3. The first-order chi connectivity index (χ1) is 11.7. The maximum atomic E-state index is 12.3. The second-order valence-corrected chi connectivity index (χ2v) is 5.67. The van der Waals surface area contributed by atoms with Gasteiger partial charge >= 0.3 is 6.18 Å². The molecule has 0 saturated carbocycles. The minimum atomic E-state index is -4.31. The van der Waals surface area contributed by atoms with E-state index in [9.17, 15) is 13.2 Å². The molecular formula is C19H24F3NO2. The van der Waals surface area contributed by atoms with E-state index in [1.807, 2.05) is 37.3 Å². The molecule has 0 amide bonds. The first-order valence-corrected chi connectivity index (χ1v) is 7.93. The van der Waals surface area contributed by atoms with E-state index in [2.05, 4.69) is 5.32 Å². The molecule has 0 heterocycles. The second-order valence-electron chi connectivity index (χ2n) is 5.67. The fourth-order valence-electron chi connectivity index (χ4n) is 1.66. The standard InChI is InChI=1S/C14H11F3O.C5H13NO/c15-14(16,17)12-6-8-13(9-7-12)18-10-11-4-2-1-3-5-11;1-4-5(2,7)6-3/h1-9H,10H2;6-7H,4H2,1-3H3. The van der Waals surface area contributed by atoms with Gasteiger partial charge in [-0.05, 0) is 50.2 Å².